The summed E-state index contributed by atoms with van der Waals surface area (Å²) in [6.07, 6.45) is 0. The molecule has 0 spiro atoms. The fraction of sp³-hybridized carbons (Fsp3) is 0. The van der Waals surface area contributed by atoms with Crippen LogP contribution in [0.2, 0.25) is 0 Å². The van der Waals surface area contributed by atoms with Crippen molar-refractivity contribution in [1.29, 1.82) is 0 Å². The molecule has 4 heteroatoms. The number of hydrogen-bond donors (Lipinski definition) is 0. The maximum absolute atomic E-state index is 5.19. The molecular formula is C46H28N2S2. The third-order valence-electron chi connectivity index (χ3n) is 9.53. The quantitative estimate of drug-likeness (QED) is 0.182. The Labute approximate surface area is 297 Å². The van der Waals surface area contributed by atoms with Gasteiger partial charge < -0.3 is 0 Å². The second-order valence-electron chi connectivity index (χ2n) is 12.5. The molecule has 0 radical (unpaired) electrons. The van der Waals surface area contributed by atoms with E-state index in [2.05, 4.69) is 158 Å². The molecule has 0 aliphatic heterocycles. The first-order chi connectivity index (χ1) is 24.8. The van der Waals surface area contributed by atoms with E-state index < -0.39 is 0 Å². The molecule has 0 saturated heterocycles. The lowest BCUT2D eigenvalue weighted by atomic mass is 10.00. The zero-order chi connectivity index (χ0) is 33.0. The summed E-state index contributed by atoms with van der Waals surface area (Å²) in [6, 6.07) is 60.6. The highest BCUT2D eigenvalue weighted by Gasteiger charge is 2.17. The second-order valence-corrected chi connectivity index (χ2v) is 14.7. The first kappa shape index (κ1) is 29.0. The van der Waals surface area contributed by atoms with Crippen molar-refractivity contribution in [2.45, 2.75) is 0 Å². The van der Waals surface area contributed by atoms with Crippen molar-refractivity contribution in [3.05, 3.63) is 170 Å². The first-order valence-electron chi connectivity index (χ1n) is 16.7. The maximum Gasteiger partial charge on any atom is 0.160 e. The highest BCUT2D eigenvalue weighted by Crippen LogP contribution is 2.45. The van der Waals surface area contributed by atoms with Gasteiger partial charge in [0, 0.05) is 68.2 Å². The molecule has 0 bridgehead atoms. The van der Waals surface area contributed by atoms with Gasteiger partial charge in [0.05, 0.1) is 11.4 Å². The van der Waals surface area contributed by atoms with E-state index in [1.54, 1.807) is 0 Å². The van der Waals surface area contributed by atoms with E-state index in [0.717, 1.165) is 33.9 Å². The Morgan fingerprint density at radius 3 is 1.48 bits per heavy atom. The third-order valence-corrected chi connectivity index (χ3v) is 12.0. The van der Waals surface area contributed by atoms with Crippen LogP contribution in [0.3, 0.4) is 0 Å². The molecule has 10 aromatic rings. The Morgan fingerprint density at radius 2 is 0.800 bits per heavy atom. The summed E-state index contributed by atoms with van der Waals surface area (Å²) in [6.45, 7) is 0. The molecule has 7 aromatic carbocycles. The predicted octanol–water partition coefficient (Wildman–Crippen LogP) is 13.5. The van der Waals surface area contributed by atoms with E-state index in [0.29, 0.717) is 0 Å². The smallest absolute Gasteiger partial charge is 0.160 e. The van der Waals surface area contributed by atoms with Gasteiger partial charge in [0.2, 0.25) is 0 Å². The number of fused-ring (bicyclic) bond motifs is 6. The zero-order valence-electron chi connectivity index (χ0n) is 26.9. The van der Waals surface area contributed by atoms with Crippen molar-refractivity contribution in [2.24, 2.45) is 0 Å². The maximum atomic E-state index is 5.19. The lowest BCUT2D eigenvalue weighted by Crippen LogP contribution is -1.96. The minimum absolute atomic E-state index is 0.723. The summed E-state index contributed by atoms with van der Waals surface area (Å²) in [5, 5.41) is 5.14. The summed E-state index contributed by atoms with van der Waals surface area (Å²) in [5.41, 5.74) is 9.92. The molecule has 0 saturated carbocycles. The molecule has 0 aliphatic rings. The monoisotopic (exact) mass is 672 g/mol. The Morgan fingerprint density at radius 1 is 0.320 bits per heavy atom. The molecule has 234 valence electrons. The van der Waals surface area contributed by atoms with Crippen molar-refractivity contribution in [3.63, 3.8) is 0 Å². The highest BCUT2D eigenvalue weighted by molar-refractivity contribution is 7.27. The third kappa shape index (κ3) is 4.92. The van der Waals surface area contributed by atoms with Gasteiger partial charge in [-0.1, -0.05) is 140 Å². The van der Waals surface area contributed by atoms with Crippen LogP contribution in [-0.2, 0) is 0 Å². The molecule has 3 heterocycles. The lowest BCUT2D eigenvalue weighted by molar-refractivity contribution is 1.18. The van der Waals surface area contributed by atoms with E-state index in [4.69, 9.17) is 9.97 Å². The van der Waals surface area contributed by atoms with Crippen molar-refractivity contribution in [3.8, 4) is 56.2 Å². The molecule has 0 aliphatic carbocycles. The number of hydrogen-bond acceptors (Lipinski definition) is 4. The number of benzene rings is 7. The highest BCUT2D eigenvalue weighted by atomic mass is 32.1. The molecule has 0 N–H and O–H groups in total. The molecule has 2 nitrogen and oxygen atoms in total. The van der Waals surface area contributed by atoms with Gasteiger partial charge in [0.25, 0.3) is 0 Å². The van der Waals surface area contributed by atoms with E-state index in [1.165, 1.54) is 62.6 Å². The summed E-state index contributed by atoms with van der Waals surface area (Å²) in [4.78, 5) is 10.3. The summed E-state index contributed by atoms with van der Waals surface area (Å²) in [5.74, 6) is 0.723. The molecule has 0 fully saturated rings. The van der Waals surface area contributed by atoms with Gasteiger partial charge in [-0.3, -0.25) is 0 Å². The molecule has 3 aromatic heterocycles. The van der Waals surface area contributed by atoms with Crippen molar-refractivity contribution in [2.75, 3.05) is 0 Å². The SMILES string of the molecule is c1ccc(-c2ccc(-c3cc(-c4ccccc4)nc(-c4ccc5sc6c(-c7cccc8c7sc7ccccc78)cccc6c5c4)n3)cc2)cc1. The number of rotatable bonds is 5. The number of aromatic nitrogens is 2. The summed E-state index contributed by atoms with van der Waals surface area (Å²) < 4.78 is 5.24. The van der Waals surface area contributed by atoms with Gasteiger partial charge in [-0.2, -0.15) is 0 Å². The zero-order valence-corrected chi connectivity index (χ0v) is 28.5. The van der Waals surface area contributed by atoms with Crippen LogP contribution in [0.15, 0.2) is 170 Å². The van der Waals surface area contributed by atoms with Crippen LogP contribution in [0, 0.1) is 0 Å². The standard InChI is InChI=1S/C46H28N2S2/c1-3-11-29(12-4-1)30-21-23-32(24-22-30)41-28-40(31-13-5-2-6-14-31)47-46(48-41)33-25-26-43-39(27-33)38-19-10-18-37(45(38)50-43)36-17-9-16-35-34-15-7-8-20-42(34)49-44(35)36/h1-28H. The number of nitrogens with zero attached hydrogens (tertiary/aromatic N) is 2. The van der Waals surface area contributed by atoms with Crippen LogP contribution in [-0.4, -0.2) is 9.97 Å². The summed E-state index contributed by atoms with van der Waals surface area (Å²) >= 11 is 3.75. The molecular weight excluding hydrogens is 645 g/mol. The Bertz CT molecular complexity index is 2850. The molecule has 50 heavy (non-hydrogen) atoms. The van der Waals surface area contributed by atoms with Crippen LogP contribution >= 0.6 is 22.7 Å². The topological polar surface area (TPSA) is 25.8 Å². The van der Waals surface area contributed by atoms with Crippen LogP contribution in [0.5, 0.6) is 0 Å². The van der Waals surface area contributed by atoms with E-state index >= 15 is 0 Å². The van der Waals surface area contributed by atoms with Crippen LogP contribution in [0.1, 0.15) is 0 Å². The van der Waals surface area contributed by atoms with Crippen molar-refractivity contribution >= 4 is 63.0 Å². The minimum Gasteiger partial charge on any atom is -0.228 e. The second kappa shape index (κ2) is 11.9. The van der Waals surface area contributed by atoms with Gasteiger partial charge >= 0.3 is 0 Å². The summed E-state index contributed by atoms with van der Waals surface area (Å²) in [7, 11) is 0. The first-order valence-corrected chi connectivity index (χ1v) is 18.4. The van der Waals surface area contributed by atoms with E-state index in [1.807, 2.05) is 34.8 Å². The predicted molar refractivity (Wildman–Crippen MR) is 215 cm³/mol. The molecule has 0 unspecified atom stereocenters. The fourth-order valence-corrected chi connectivity index (χ4v) is 9.50. The average Bonchev–Trinajstić information content (AvgIpc) is 3.77. The van der Waals surface area contributed by atoms with Crippen molar-refractivity contribution in [1.82, 2.24) is 9.97 Å². The fourth-order valence-electron chi connectivity index (χ4n) is 7.05. The lowest BCUT2D eigenvalue weighted by Gasteiger charge is -2.10. The molecule has 0 atom stereocenters. The normalized spacial score (nSPS) is 11.6. The van der Waals surface area contributed by atoms with E-state index in [9.17, 15) is 0 Å². The van der Waals surface area contributed by atoms with Gasteiger partial charge in [0.1, 0.15) is 0 Å². The van der Waals surface area contributed by atoms with E-state index in [-0.39, 0.29) is 0 Å². The Hall–Kier alpha value is -5.94. The van der Waals surface area contributed by atoms with Gasteiger partial charge in [-0.15, -0.1) is 22.7 Å². The van der Waals surface area contributed by atoms with Crippen LogP contribution < -0.4 is 0 Å². The Kier molecular flexibility index (Phi) is 6.90. The minimum atomic E-state index is 0.723. The number of thiophene rings is 2. The van der Waals surface area contributed by atoms with Crippen molar-refractivity contribution < 1.29 is 0 Å². The van der Waals surface area contributed by atoms with Crippen LogP contribution in [0.25, 0.3) is 96.5 Å². The van der Waals surface area contributed by atoms with Gasteiger partial charge in [-0.05, 0) is 41.5 Å². The van der Waals surface area contributed by atoms with Crippen LogP contribution in [0.4, 0.5) is 0 Å². The largest absolute Gasteiger partial charge is 0.228 e. The average molecular weight is 673 g/mol. The van der Waals surface area contributed by atoms with Gasteiger partial charge in [-0.25, -0.2) is 9.97 Å². The Balaban J connectivity index is 1.11. The van der Waals surface area contributed by atoms with Gasteiger partial charge in [0.15, 0.2) is 5.82 Å². The molecule has 10 rings (SSSR count). The molecule has 0 amide bonds.